The molecule has 1 aliphatic carbocycles. The molecular formula is C17H32N4O. The Balaban J connectivity index is 1.55. The molecular weight excluding hydrogens is 276 g/mol. The summed E-state index contributed by atoms with van der Waals surface area (Å²) < 4.78 is 5.44. The third-order valence-corrected chi connectivity index (χ3v) is 5.66. The molecule has 0 aromatic carbocycles. The molecule has 0 amide bonds. The summed E-state index contributed by atoms with van der Waals surface area (Å²) in [5, 5.41) is 3.50. The van der Waals surface area contributed by atoms with Crippen molar-refractivity contribution < 1.29 is 4.74 Å². The van der Waals surface area contributed by atoms with Crippen LogP contribution in [-0.4, -0.2) is 74.3 Å². The maximum absolute atomic E-state index is 5.44. The van der Waals surface area contributed by atoms with Crippen molar-refractivity contribution in [2.75, 3.05) is 52.5 Å². The summed E-state index contributed by atoms with van der Waals surface area (Å²) in [6.07, 6.45) is 5.63. The first-order chi connectivity index (χ1) is 10.7. The van der Waals surface area contributed by atoms with Gasteiger partial charge >= 0.3 is 0 Å². The second-order valence-electron chi connectivity index (χ2n) is 7.22. The van der Waals surface area contributed by atoms with Gasteiger partial charge in [-0.25, -0.2) is 0 Å². The molecule has 126 valence electrons. The van der Waals surface area contributed by atoms with E-state index in [2.05, 4.69) is 29.0 Å². The summed E-state index contributed by atoms with van der Waals surface area (Å²) in [4.78, 5) is 9.93. The highest BCUT2D eigenvalue weighted by Gasteiger charge is 2.43. The van der Waals surface area contributed by atoms with Crippen LogP contribution in [0.4, 0.5) is 0 Å². The number of rotatable bonds is 4. The van der Waals surface area contributed by atoms with E-state index in [-0.39, 0.29) is 0 Å². The standard InChI is InChI=1S/C17H32N4O/c1-3-18-16(21-8-7-17(14-21)5-4-6-17)19-13-15(2)20-9-11-22-12-10-20/h15H,3-14H2,1-2H3,(H,18,19). The lowest BCUT2D eigenvalue weighted by Crippen LogP contribution is -2.45. The van der Waals surface area contributed by atoms with Crippen molar-refractivity contribution in [3.63, 3.8) is 0 Å². The topological polar surface area (TPSA) is 40.1 Å². The quantitative estimate of drug-likeness (QED) is 0.632. The predicted octanol–water partition coefficient (Wildman–Crippen LogP) is 1.55. The molecule has 5 nitrogen and oxygen atoms in total. The lowest BCUT2D eigenvalue weighted by Gasteiger charge is -2.38. The molecule has 2 heterocycles. The Morgan fingerprint density at radius 2 is 2.00 bits per heavy atom. The van der Waals surface area contributed by atoms with Crippen LogP contribution in [0.3, 0.4) is 0 Å². The van der Waals surface area contributed by atoms with Crippen LogP contribution in [0, 0.1) is 5.41 Å². The number of ether oxygens (including phenoxy) is 1. The number of aliphatic imine (C=N–C) groups is 1. The zero-order valence-corrected chi connectivity index (χ0v) is 14.3. The smallest absolute Gasteiger partial charge is 0.193 e. The predicted molar refractivity (Wildman–Crippen MR) is 90.3 cm³/mol. The fraction of sp³-hybridized carbons (Fsp3) is 0.941. The molecule has 0 aromatic heterocycles. The number of hydrogen-bond acceptors (Lipinski definition) is 3. The maximum Gasteiger partial charge on any atom is 0.193 e. The van der Waals surface area contributed by atoms with Crippen LogP contribution in [-0.2, 0) is 4.74 Å². The summed E-state index contributed by atoms with van der Waals surface area (Å²) >= 11 is 0. The van der Waals surface area contributed by atoms with E-state index in [4.69, 9.17) is 9.73 Å². The van der Waals surface area contributed by atoms with E-state index in [1.165, 1.54) is 38.8 Å². The minimum absolute atomic E-state index is 0.498. The molecule has 2 aliphatic heterocycles. The first-order valence-electron chi connectivity index (χ1n) is 9.07. The number of nitrogens with one attached hydrogen (secondary N) is 1. The van der Waals surface area contributed by atoms with Crippen LogP contribution in [0.1, 0.15) is 39.5 Å². The number of nitrogens with zero attached hydrogens (tertiary/aromatic N) is 3. The monoisotopic (exact) mass is 308 g/mol. The van der Waals surface area contributed by atoms with Crippen LogP contribution >= 0.6 is 0 Å². The van der Waals surface area contributed by atoms with Gasteiger partial charge in [-0.3, -0.25) is 9.89 Å². The zero-order valence-electron chi connectivity index (χ0n) is 14.3. The van der Waals surface area contributed by atoms with Gasteiger partial charge in [0.25, 0.3) is 0 Å². The second kappa shape index (κ2) is 7.18. The average Bonchev–Trinajstić information content (AvgIpc) is 2.98. The van der Waals surface area contributed by atoms with Crippen LogP contribution < -0.4 is 5.32 Å². The Hall–Kier alpha value is -0.810. The molecule has 22 heavy (non-hydrogen) atoms. The molecule has 2 saturated heterocycles. The Kier molecular flexibility index (Phi) is 5.24. The molecule has 0 aromatic rings. The van der Waals surface area contributed by atoms with Crippen molar-refractivity contribution in [3.8, 4) is 0 Å². The van der Waals surface area contributed by atoms with Crippen molar-refractivity contribution in [2.45, 2.75) is 45.6 Å². The van der Waals surface area contributed by atoms with Gasteiger partial charge in [-0.1, -0.05) is 6.42 Å². The molecule has 1 N–H and O–H groups in total. The Morgan fingerprint density at radius 1 is 1.23 bits per heavy atom. The molecule has 1 atom stereocenters. The van der Waals surface area contributed by atoms with Gasteiger partial charge in [0.2, 0.25) is 0 Å². The van der Waals surface area contributed by atoms with Crippen LogP contribution in [0.25, 0.3) is 0 Å². The Labute approximate surface area is 135 Å². The first kappa shape index (κ1) is 16.1. The normalized spacial score (nSPS) is 27.0. The van der Waals surface area contributed by atoms with E-state index in [1.54, 1.807) is 0 Å². The number of guanidine groups is 1. The molecule has 3 aliphatic rings. The second-order valence-corrected chi connectivity index (χ2v) is 7.22. The highest BCUT2D eigenvalue weighted by molar-refractivity contribution is 5.80. The minimum Gasteiger partial charge on any atom is -0.379 e. The van der Waals surface area contributed by atoms with E-state index in [0.29, 0.717) is 11.5 Å². The van der Waals surface area contributed by atoms with Crippen molar-refractivity contribution in [1.29, 1.82) is 0 Å². The van der Waals surface area contributed by atoms with Gasteiger partial charge in [0.05, 0.1) is 19.8 Å². The largest absolute Gasteiger partial charge is 0.379 e. The number of likely N-dealkylation sites (tertiary alicyclic amines) is 1. The van der Waals surface area contributed by atoms with Crippen molar-refractivity contribution in [1.82, 2.24) is 15.1 Å². The van der Waals surface area contributed by atoms with Gasteiger partial charge < -0.3 is 15.0 Å². The summed E-state index contributed by atoms with van der Waals surface area (Å²) in [5.74, 6) is 1.13. The van der Waals surface area contributed by atoms with Crippen molar-refractivity contribution in [3.05, 3.63) is 0 Å². The molecule has 0 radical (unpaired) electrons. The maximum atomic E-state index is 5.44. The van der Waals surface area contributed by atoms with Gasteiger partial charge in [0, 0.05) is 38.8 Å². The zero-order chi connectivity index (χ0) is 15.4. The Morgan fingerprint density at radius 3 is 2.59 bits per heavy atom. The van der Waals surface area contributed by atoms with E-state index in [1.807, 2.05) is 0 Å². The van der Waals surface area contributed by atoms with Gasteiger partial charge in [-0.05, 0) is 38.5 Å². The fourth-order valence-electron chi connectivity index (χ4n) is 3.98. The molecule has 0 bridgehead atoms. The van der Waals surface area contributed by atoms with E-state index in [9.17, 15) is 0 Å². The van der Waals surface area contributed by atoms with E-state index in [0.717, 1.165) is 45.4 Å². The van der Waals surface area contributed by atoms with Gasteiger partial charge in [0.1, 0.15) is 0 Å². The van der Waals surface area contributed by atoms with Crippen LogP contribution in [0.2, 0.25) is 0 Å². The van der Waals surface area contributed by atoms with Crippen LogP contribution in [0.5, 0.6) is 0 Å². The number of hydrogen-bond donors (Lipinski definition) is 1. The van der Waals surface area contributed by atoms with Crippen molar-refractivity contribution in [2.24, 2.45) is 10.4 Å². The summed E-state index contributed by atoms with van der Waals surface area (Å²) in [5.41, 5.74) is 0.631. The van der Waals surface area contributed by atoms with E-state index >= 15 is 0 Å². The van der Waals surface area contributed by atoms with E-state index < -0.39 is 0 Å². The van der Waals surface area contributed by atoms with Crippen LogP contribution in [0.15, 0.2) is 4.99 Å². The molecule has 1 unspecified atom stereocenters. The summed E-state index contributed by atoms with van der Waals surface area (Å²) in [7, 11) is 0. The SMILES string of the molecule is CCNC(=NCC(C)N1CCOCC1)N1CCC2(CCC2)C1. The molecule has 3 rings (SSSR count). The third-order valence-electron chi connectivity index (χ3n) is 5.66. The van der Waals surface area contributed by atoms with Gasteiger partial charge in [-0.15, -0.1) is 0 Å². The highest BCUT2D eigenvalue weighted by atomic mass is 16.5. The lowest BCUT2D eigenvalue weighted by atomic mass is 9.68. The molecule has 1 saturated carbocycles. The average molecular weight is 308 g/mol. The Bertz CT molecular complexity index is 388. The molecule has 1 spiro atoms. The summed E-state index contributed by atoms with van der Waals surface area (Å²) in [6, 6.07) is 0.498. The fourth-order valence-corrected chi connectivity index (χ4v) is 3.98. The summed E-state index contributed by atoms with van der Waals surface area (Å²) in [6.45, 7) is 12.5. The first-order valence-corrected chi connectivity index (χ1v) is 9.07. The van der Waals surface area contributed by atoms with Gasteiger partial charge in [0.15, 0.2) is 5.96 Å². The lowest BCUT2D eigenvalue weighted by molar-refractivity contribution is 0.0220. The molecule has 3 fully saturated rings. The van der Waals surface area contributed by atoms with Crippen molar-refractivity contribution >= 4 is 5.96 Å². The third kappa shape index (κ3) is 3.57. The number of morpholine rings is 1. The highest BCUT2D eigenvalue weighted by Crippen LogP contribution is 2.47. The minimum atomic E-state index is 0.498. The molecule has 5 heteroatoms. The van der Waals surface area contributed by atoms with Gasteiger partial charge in [-0.2, -0.15) is 0 Å².